The summed E-state index contributed by atoms with van der Waals surface area (Å²) in [6.07, 6.45) is 2.82. The molecule has 0 aliphatic carbocycles. The maximum Gasteiger partial charge on any atom is 0.238 e. The number of aliphatic imine (C=N–C) groups is 3. The molecule has 2 rings (SSSR count). The molecule has 2 aliphatic heterocycles. The number of fused-ring (bicyclic) bond motifs is 1. The zero-order valence-corrected chi connectivity index (χ0v) is 7.00. The molecule has 0 aromatic carbocycles. The molecule has 2 aliphatic rings. The molecule has 0 amide bonds. The van der Waals surface area contributed by atoms with Crippen molar-refractivity contribution in [3.8, 4) is 11.8 Å². The van der Waals surface area contributed by atoms with Gasteiger partial charge in [0, 0.05) is 0 Å². The second-order valence-corrected chi connectivity index (χ2v) is 2.56. The van der Waals surface area contributed by atoms with Crippen LogP contribution in [0, 0.1) is 17.3 Å². The Bertz CT molecular complexity index is 406. The van der Waals surface area contributed by atoms with Crippen LogP contribution in [0.1, 0.15) is 6.92 Å². The fourth-order valence-corrected chi connectivity index (χ4v) is 1.23. The number of nitrogens with zero attached hydrogens (tertiary/aromatic N) is 3. The molecule has 0 fully saturated rings. The molecule has 2 N–H and O–H groups in total. The molecular weight excluding hydrogens is 166 g/mol. The van der Waals surface area contributed by atoms with Gasteiger partial charge in [0.05, 0.1) is 6.34 Å². The van der Waals surface area contributed by atoms with Gasteiger partial charge in [-0.2, -0.15) is 0 Å². The summed E-state index contributed by atoms with van der Waals surface area (Å²) in [5, 5.41) is 10.5. The minimum Gasteiger partial charge on any atom is -0.331 e. The number of amidine groups is 2. The Morgan fingerprint density at radius 1 is 1.62 bits per heavy atom. The molecule has 0 bridgehead atoms. The average Bonchev–Trinajstić information content (AvgIpc) is 2.51. The lowest BCUT2D eigenvalue weighted by Crippen LogP contribution is -2.45. The first-order chi connectivity index (χ1) is 6.29. The van der Waals surface area contributed by atoms with Gasteiger partial charge < -0.3 is 5.32 Å². The molecule has 2 heterocycles. The third kappa shape index (κ3) is 0.888. The highest BCUT2D eigenvalue weighted by atomic mass is 15.2. The number of rotatable bonds is 0. The van der Waals surface area contributed by atoms with Crippen LogP contribution < -0.4 is 5.32 Å². The minimum atomic E-state index is -0.969. The van der Waals surface area contributed by atoms with E-state index in [2.05, 4.69) is 32.1 Å². The fraction of sp³-hybridized carbons (Fsp3) is 0.250. The lowest BCUT2D eigenvalue weighted by atomic mass is 9.98. The van der Waals surface area contributed by atoms with E-state index >= 15 is 0 Å². The van der Waals surface area contributed by atoms with Gasteiger partial charge in [0.15, 0.2) is 11.7 Å². The predicted octanol–water partition coefficient (Wildman–Crippen LogP) is -0.202. The third-order valence-electron chi connectivity index (χ3n) is 1.82. The standard InChI is InChI=1S/C8H7N5/c1-2-3-8-6(9)10-4-11-7(8)12-5-13-8/h4-5H,1H3,(H2,9,10,11,12,13). The van der Waals surface area contributed by atoms with Crippen molar-refractivity contribution in [3.63, 3.8) is 0 Å². The summed E-state index contributed by atoms with van der Waals surface area (Å²) in [6.45, 7) is 1.70. The van der Waals surface area contributed by atoms with Gasteiger partial charge >= 0.3 is 0 Å². The van der Waals surface area contributed by atoms with Crippen LogP contribution in [0.4, 0.5) is 0 Å². The molecule has 5 heteroatoms. The SMILES string of the molecule is CC#CC12N=CNC1=NC=NC2=N. The molecule has 13 heavy (non-hydrogen) atoms. The predicted molar refractivity (Wildman–Crippen MR) is 51.5 cm³/mol. The van der Waals surface area contributed by atoms with Gasteiger partial charge in [0.2, 0.25) is 5.54 Å². The Balaban J connectivity index is 2.57. The van der Waals surface area contributed by atoms with Gasteiger partial charge in [-0.3, -0.25) is 5.41 Å². The minimum absolute atomic E-state index is 0.105. The van der Waals surface area contributed by atoms with Crippen molar-refractivity contribution in [3.05, 3.63) is 0 Å². The summed E-state index contributed by atoms with van der Waals surface area (Å²) in [4.78, 5) is 11.8. The van der Waals surface area contributed by atoms with Crippen LogP contribution in [0.25, 0.3) is 0 Å². The summed E-state index contributed by atoms with van der Waals surface area (Å²) in [5.41, 5.74) is -0.969. The number of nitrogens with one attached hydrogen (secondary N) is 2. The van der Waals surface area contributed by atoms with Crippen molar-refractivity contribution in [1.29, 1.82) is 5.41 Å². The summed E-state index contributed by atoms with van der Waals surface area (Å²) in [7, 11) is 0. The second kappa shape index (κ2) is 2.52. The Labute approximate surface area is 75.2 Å². The first-order valence-electron chi connectivity index (χ1n) is 3.73. The molecular formula is C8H7N5. The highest BCUT2D eigenvalue weighted by Crippen LogP contribution is 2.19. The van der Waals surface area contributed by atoms with Crippen molar-refractivity contribution in [2.45, 2.75) is 12.5 Å². The maximum atomic E-state index is 7.63. The summed E-state index contributed by atoms with van der Waals surface area (Å²) >= 11 is 0. The van der Waals surface area contributed by atoms with E-state index in [0.717, 1.165) is 0 Å². The van der Waals surface area contributed by atoms with Crippen LogP contribution >= 0.6 is 0 Å². The molecule has 5 nitrogen and oxygen atoms in total. The zero-order chi connectivity index (χ0) is 9.31. The van der Waals surface area contributed by atoms with Crippen LogP contribution in [-0.4, -0.2) is 29.9 Å². The average molecular weight is 173 g/mol. The van der Waals surface area contributed by atoms with Crippen molar-refractivity contribution in [1.82, 2.24) is 5.32 Å². The molecule has 0 saturated carbocycles. The molecule has 1 unspecified atom stereocenters. The second-order valence-electron chi connectivity index (χ2n) is 2.56. The smallest absolute Gasteiger partial charge is 0.238 e. The van der Waals surface area contributed by atoms with E-state index in [1.807, 2.05) is 0 Å². The van der Waals surface area contributed by atoms with E-state index in [-0.39, 0.29) is 5.84 Å². The van der Waals surface area contributed by atoms with Gasteiger partial charge in [-0.25, -0.2) is 15.0 Å². The number of hydrogen-bond donors (Lipinski definition) is 2. The normalized spacial score (nSPS) is 28.7. The molecule has 0 saturated heterocycles. The molecule has 64 valence electrons. The first kappa shape index (κ1) is 7.68. The van der Waals surface area contributed by atoms with Gasteiger partial charge in [0.25, 0.3) is 0 Å². The molecule has 0 aromatic heterocycles. The van der Waals surface area contributed by atoms with E-state index in [0.29, 0.717) is 5.84 Å². The highest BCUT2D eigenvalue weighted by molar-refractivity contribution is 6.26. The van der Waals surface area contributed by atoms with Gasteiger partial charge in [-0.15, -0.1) is 5.92 Å². The Kier molecular flexibility index (Phi) is 1.49. The van der Waals surface area contributed by atoms with Crippen molar-refractivity contribution in [2.75, 3.05) is 0 Å². The Morgan fingerprint density at radius 2 is 2.46 bits per heavy atom. The van der Waals surface area contributed by atoms with E-state index in [9.17, 15) is 0 Å². The van der Waals surface area contributed by atoms with E-state index in [1.165, 1.54) is 12.7 Å². The third-order valence-corrected chi connectivity index (χ3v) is 1.82. The molecule has 0 aromatic rings. The quantitative estimate of drug-likeness (QED) is 0.489. The van der Waals surface area contributed by atoms with Crippen LogP contribution in [0.2, 0.25) is 0 Å². The van der Waals surface area contributed by atoms with Gasteiger partial charge in [-0.05, 0) is 6.92 Å². The van der Waals surface area contributed by atoms with Gasteiger partial charge in [-0.1, -0.05) is 5.92 Å². The van der Waals surface area contributed by atoms with Crippen LogP contribution in [0.3, 0.4) is 0 Å². The number of hydrogen-bond acceptors (Lipinski definition) is 4. The van der Waals surface area contributed by atoms with Crippen molar-refractivity contribution < 1.29 is 0 Å². The Morgan fingerprint density at radius 3 is 3.23 bits per heavy atom. The van der Waals surface area contributed by atoms with Crippen LogP contribution in [0.15, 0.2) is 15.0 Å². The summed E-state index contributed by atoms with van der Waals surface area (Å²) < 4.78 is 0. The van der Waals surface area contributed by atoms with E-state index in [4.69, 9.17) is 5.41 Å². The lowest BCUT2D eigenvalue weighted by Gasteiger charge is -2.20. The fourth-order valence-electron chi connectivity index (χ4n) is 1.23. The topological polar surface area (TPSA) is 73.0 Å². The van der Waals surface area contributed by atoms with Crippen molar-refractivity contribution in [2.24, 2.45) is 15.0 Å². The molecule has 1 atom stereocenters. The van der Waals surface area contributed by atoms with E-state index in [1.54, 1.807) is 6.92 Å². The maximum absolute atomic E-state index is 7.63. The van der Waals surface area contributed by atoms with Gasteiger partial charge in [0.1, 0.15) is 6.34 Å². The molecule has 0 spiro atoms. The monoisotopic (exact) mass is 173 g/mol. The van der Waals surface area contributed by atoms with Crippen LogP contribution in [-0.2, 0) is 0 Å². The largest absolute Gasteiger partial charge is 0.331 e. The summed E-state index contributed by atoms with van der Waals surface area (Å²) in [6, 6.07) is 0. The molecule has 0 radical (unpaired) electrons. The summed E-state index contributed by atoms with van der Waals surface area (Å²) in [5.74, 6) is 6.22. The van der Waals surface area contributed by atoms with Crippen LogP contribution in [0.5, 0.6) is 0 Å². The first-order valence-corrected chi connectivity index (χ1v) is 3.73. The zero-order valence-electron chi connectivity index (χ0n) is 7.00. The Hall–Kier alpha value is -1.96. The van der Waals surface area contributed by atoms with Crippen molar-refractivity contribution >= 4 is 24.3 Å². The van der Waals surface area contributed by atoms with E-state index < -0.39 is 5.54 Å². The lowest BCUT2D eigenvalue weighted by molar-refractivity contribution is 0.946. The highest BCUT2D eigenvalue weighted by Gasteiger charge is 2.43.